The Bertz CT molecular complexity index is 697. The molecular weight excluding hydrogens is 298 g/mol. The van der Waals surface area contributed by atoms with Crippen LogP contribution in [0.15, 0.2) is 59.5 Å². The van der Waals surface area contributed by atoms with Crippen LogP contribution in [0.5, 0.6) is 0 Å². The summed E-state index contributed by atoms with van der Waals surface area (Å²) in [4.78, 5) is 11.5. The Kier molecular flexibility index (Phi) is 4.42. The molecule has 4 nitrogen and oxygen atoms in total. The average Bonchev–Trinajstić information content (AvgIpc) is 2.47. The lowest BCUT2D eigenvalue weighted by Crippen LogP contribution is -2.13. The van der Waals surface area contributed by atoms with E-state index in [9.17, 15) is 13.2 Å². The summed E-state index contributed by atoms with van der Waals surface area (Å²) in [6, 6.07) is 14.2. The van der Waals surface area contributed by atoms with Crippen molar-refractivity contribution in [2.24, 2.45) is 0 Å². The number of ketones is 1. The van der Waals surface area contributed by atoms with Crippen LogP contribution < -0.4 is 4.72 Å². The second-order valence-electron chi connectivity index (χ2n) is 4.05. The summed E-state index contributed by atoms with van der Waals surface area (Å²) in [5.41, 5.74) is 0.868. The molecule has 0 aliphatic rings. The van der Waals surface area contributed by atoms with Gasteiger partial charge >= 0.3 is 0 Å². The van der Waals surface area contributed by atoms with Gasteiger partial charge in [-0.15, -0.1) is 11.6 Å². The number of carbonyl (C=O) groups excluding carboxylic acids is 1. The number of anilines is 1. The minimum absolute atomic E-state index is 0.0903. The van der Waals surface area contributed by atoms with Gasteiger partial charge in [-0.25, -0.2) is 8.42 Å². The van der Waals surface area contributed by atoms with Crippen LogP contribution >= 0.6 is 11.6 Å². The van der Waals surface area contributed by atoms with Crippen molar-refractivity contribution in [3.63, 3.8) is 0 Å². The molecule has 6 heteroatoms. The number of rotatable bonds is 5. The molecule has 2 aromatic carbocycles. The van der Waals surface area contributed by atoms with Crippen molar-refractivity contribution in [1.29, 1.82) is 0 Å². The van der Waals surface area contributed by atoms with E-state index in [0.717, 1.165) is 0 Å². The normalized spacial score (nSPS) is 11.1. The molecule has 1 N–H and O–H groups in total. The van der Waals surface area contributed by atoms with E-state index in [-0.39, 0.29) is 16.6 Å². The van der Waals surface area contributed by atoms with Crippen molar-refractivity contribution in [3.05, 3.63) is 60.2 Å². The van der Waals surface area contributed by atoms with Crippen molar-refractivity contribution in [2.45, 2.75) is 4.90 Å². The highest BCUT2D eigenvalue weighted by Crippen LogP contribution is 2.16. The number of halogens is 1. The molecule has 0 fully saturated rings. The van der Waals surface area contributed by atoms with Crippen LogP contribution in [-0.4, -0.2) is 20.1 Å². The minimum atomic E-state index is -3.66. The number of para-hydroxylation sites is 1. The third-order valence-electron chi connectivity index (χ3n) is 2.63. The first-order valence-corrected chi connectivity index (χ1v) is 7.82. The Morgan fingerprint density at radius 3 is 2.15 bits per heavy atom. The Balaban J connectivity index is 2.24. The minimum Gasteiger partial charge on any atom is -0.293 e. The van der Waals surface area contributed by atoms with E-state index in [4.69, 9.17) is 11.6 Å². The van der Waals surface area contributed by atoms with E-state index >= 15 is 0 Å². The Morgan fingerprint density at radius 2 is 1.60 bits per heavy atom. The van der Waals surface area contributed by atoms with Crippen LogP contribution in [0.3, 0.4) is 0 Å². The number of carbonyl (C=O) groups is 1. The lowest BCUT2D eigenvalue weighted by Gasteiger charge is -2.08. The third kappa shape index (κ3) is 3.37. The number of benzene rings is 2. The molecule has 20 heavy (non-hydrogen) atoms. The Morgan fingerprint density at radius 1 is 1.00 bits per heavy atom. The molecule has 0 atom stereocenters. The predicted octanol–water partition coefficient (Wildman–Crippen LogP) is 2.91. The lowest BCUT2D eigenvalue weighted by molar-refractivity contribution is 0.102. The maximum absolute atomic E-state index is 12.1. The van der Waals surface area contributed by atoms with Gasteiger partial charge in [0.15, 0.2) is 5.78 Å². The smallest absolute Gasteiger partial charge is 0.261 e. The molecular formula is C14H12ClNO3S. The zero-order valence-electron chi connectivity index (χ0n) is 10.4. The van der Waals surface area contributed by atoms with Crippen LogP contribution in [0.2, 0.25) is 0 Å². The van der Waals surface area contributed by atoms with E-state index in [2.05, 4.69) is 4.72 Å². The van der Waals surface area contributed by atoms with Crippen LogP contribution in [0.4, 0.5) is 5.69 Å². The summed E-state index contributed by atoms with van der Waals surface area (Å²) in [6.07, 6.45) is 0. The molecule has 0 amide bonds. The lowest BCUT2D eigenvalue weighted by atomic mass is 10.1. The molecule has 0 spiro atoms. The molecule has 0 aromatic heterocycles. The summed E-state index contributed by atoms with van der Waals surface area (Å²) < 4.78 is 26.7. The first kappa shape index (κ1) is 14.6. The fourth-order valence-corrected chi connectivity index (χ4v) is 2.83. The highest BCUT2D eigenvalue weighted by Gasteiger charge is 2.14. The second-order valence-corrected chi connectivity index (χ2v) is 6.00. The quantitative estimate of drug-likeness (QED) is 0.682. The summed E-state index contributed by atoms with van der Waals surface area (Å²) in [5.74, 6) is -0.374. The number of alkyl halides is 1. The highest BCUT2D eigenvalue weighted by molar-refractivity contribution is 7.92. The van der Waals surface area contributed by atoms with Gasteiger partial charge in [0, 0.05) is 11.3 Å². The van der Waals surface area contributed by atoms with Crippen LogP contribution in [0.25, 0.3) is 0 Å². The molecule has 0 bridgehead atoms. The highest BCUT2D eigenvalue weighted by atomic mass is 35.5. The number of sulfonamides is 1. The Hall–Kier alpha value is -1.85. The van der Waals surface area contributed by atoms with Gasteiger partial charge in [0.25, 0.3) is 10.0 Å². The van der Waals surface area contributed by atoms with Crippen molar-refractivity contribution >= 4 is 33.1 Å². The van der Waals surface area contributed by atoms with E-state index in [0.29, 0.717) is 11.3 Å². The topological polar surface area (TPSA) is 63.2 Å². The Labute approximate surface area is 122 Å². The number of hydrogen-bond acceptors (Lipinski definition) is 3. The van der Waals surface area contributed by atoms with Gasteiger partial charge in [-0.2, -0.15) is 0 Å². The number of nitrogens with one attached hydrogen (secondary N) is 1. The van der Waals surface area contributed by atoms with Crippen molar-refractivity contribution < 1.29 is 13.2 Å². The molecule has 0 aliphatic heterocycles. The summed E-state index contributed by atoms with van der Waals surface area (Å²) in [5, 5.41) is 0. The molecule has 0 saturated carbocycles. The predicted molar refractivity (Wildman–Crippen MR) is 78.7 cm³/mol. The monoisotopic (exact) mass is 309 g/mol. The van der Waals surface area contributed by atoms with Gasteiger partial charge in [0.1, 0.15) is 0 Å². The molecule has 104 valence electrons. The van der Waals surface area contributed by atoms with Gasteiger partial charge in [-0.1, -0.05) is 30.3 Å². The van der Waals surface area contributed by atoms with Crippen molar-refractivity contribution in [2.75, 3.05) is 10.6 Å². The molecule has 0 aliphatic carbocycles. The van der Waals surface area contributed by atoms with Gasteiger partial charge in [-0.05, 0) is 24.3 Å². The zero-order valence-corrected chi connectivity index (χ0v) is 12.0. The average molecular weight is 310 g/mol. The van der Waals surface area contributed by atoms with Crippen molar-refractivity contribution in [1.82, 2.24) is 0 Å². The van der Waals surface area contributed by atoms with Gasteiger partial charge < -0.3 is 0 Å². The van der Waals surface area contributed by atoms with Crippen molar-refractivity contribution in [3.8, 4) is 0 Å². The maximum Gasteiger partial charge on any atom is 0.261 e. The van der Waals surface area contributed by atoms with E-state index in [1.807, 2.05) is 0 Å². The second kappa shape index (κ2) is 6.07. The molecule has 0 radical (unpaired) electrons. The molecule has 0 unspecified atom stereocenters. The molecule has 0 heterocycles. The first-order valence-electron chi connectivity index (χ1n) is 5.80. The van der Waals surface area contributed by atoms with Crippen LogP contribution in [0, 0.1) is 0 Å². The van der Waals surface area contributed by atoms with E-state index in [1.54, 1.807) is 30.3 Å². The molecule has 0 saturated heterocycles. The maximum atomic E-state index is 12.1. The third-order valence-corrected chi connectivity index (χ3v) is 4.27. The fourth-order valence-electron chi connectivity index (χ4n) is 1.62. The van der Waals surface area contributed by atoms with Gasteiger partial charge in [0.2, 0.25) is 0 Å². The van der Waals surface area contributed by atoms with E-state index < -0.39 is 10.0 Å². The number of hydrogen-bond donors (Lipinski definition) is 1. The SMILES string of the molecule is O=C(CCl)c1ccc(S(=O)(=O)Nc2ccccc2)cc1. The molecule has 2 rings (SSSR count). The standard InChI is InChI=1S/C14H12ClNO3S/c15-10-14(17)11-6-8-13(9-7-11)20(18,19)16-12-4-2-1-3-5-12/h1-9,16H,10H2. The fraction of sp³-hybridized carbons (Fsp3) is 0.0714. The van der Waals surface area contributed by atoms with Gasteiger partial charge in [0.05, 0.1) is 10.8 Å². The first-order chi connectivity index (χ1) is 9.53. The summed E-state index contributed by atoms with van der Waals surface area (Å²) in [6.45, 7) is 0. The van der Waals surface area contributed by atoms with E-state index in [1.165, 1.54) is 24.3 Å². The number of Topliss-reactive ketones (excluding diaryl/α,β-unsaturated/α-hetero) is 1. The molecule has 2 aromatic rings. The zero-order chi connectivity index (χ0) is 14.6. The summed E-state index contributed by atoms with van der Waals surface area (Å²) in [7, 11) is -3.66. The van der Waals surface area contributed by atoms with Gasteiger partial charge in [-0.3, -0.25) is 9.52 Å². The summed E-state index contributed by atoms with van der Waals surface area (Å²) >= 11 is 5.44. The largest absolute Gasteiger partial charge is 0.293 e. The van der Waals surface area contributed by atoms with Crippen LogP contribution in [-0.2, 0) is 10.0 Å². The van der Waals surface area contributed by atoms with Crippen LogP contribution in [0.1, 0.15) is 10.4 Å².